The Kier molecular flexibility index (Phi) is 3.12. The Morgan fingerprint density at radius 1 is 1.60 bits per heavy atom. The molecule has 1 fully saturated rings. The molecule has 0 bridgehead atoms. The van der Waals surface area contributed by atoms with E-state index in [4.69, 9.17) is 9.15 Å². The van der Waals surface area contributed by atoms with Crippen molar-refractivity contribution >= 4 is 0 Å². The molecule has 15 heavy (non-hydrogen) atoms. The molecule has 0 aliphatic carbocycles. The van der Waals surface area contributed by atoms with Gasteiger partial charge in [-0.25, -0.2) is 0 Å². The van der Waals surface area contributed by atoms with Crippen LogP contribution in [0.3, 0.4) is 0 Å². The minimum absolute atomic E-state index is 0.213. The van der Waals surface area contributed by atoms with Crippen LogP contribution < -0.4 is 5.32 Å². The number of furan rings is 1. The highest BCUT2D eigenvalue weighted by Crippen LogP contribution is 2.38. The molecular formula is C12H19NO2. The largest absolute Gasteiger partial charge is 0.466 e. The number of hydrogen-bond acceptors (Lipinski definition) is 3. The minimum atomic E-state index is -0.213. The van der Waals surface area contributed by atoms with Crippen LogP contribution in [0.2, 0.25) is 0 Å². The fourth-order valence-electron chi connectivity index (χ4n) is 2.33. The van der Waals surface area contributed by atoms with E-state index >= 15 is 0 Å². The van der Waals surface area contributed by atoms with Gasteiger partial charge in [0.05, 0.1) is 6.26 Å². The van der Waals surface area contributed by atoms with Gasteiger partial charge in [0, 0.05) is 12.6 Å². The zero-order valence-electron chi connectivity index (χ0n) is 9.45. The molecule has 0 amide bonds. The Bertz CT molecular complexity index is 297. The van der Waals surface area contributed by atoms with E-state index in [-0.39, 0.29) is 5.60 Å². The maximum absolute atomic E-state index is 5.96. The lowest BCUT2D eigenvalue weighted by Gasteiger charge is -2.38. The van der Waals surface area contributed by atoms with Gasteiger partial charge >= 0.3 is 0 Å². The third-order valence-corrected chi connectivity index (χ3v) is 3.37. The van der Waals surface area contributed by atoms with E-state index < -0.39 is 0 Å². The van der Waals surface area contributed by atoms with Crippen LogP contribution in [-0.4, -0.2) is 19.7 Å². The summed E-state index contributed by atoms with van der Waals surface area (Å²) in [5.41, 5.74) is -0.213. The van der Waals surface area contributed by atoms with Crippen LogP contribution in [0.15, 0.2) is 22.8 Å². The predicted octanol–water partition coefficient (Wildman–Crippen LogP) is 2.28. The summed E-state index contributed by atoms with van der Waals surface area (Å²) in [5, 5.41) is 3.33. The van der Waals surface area contributed by atoms with Gasteiger partial charge in [-0.2, -0.15) is 0 Å². The maximum Gasteiger partial charge on any atom is 0.135 e. The highest BCUT2D eigenvalue weighted by atomic mass is 16.5. The summed E-state index contributed by atoms with van der Waals surface area (Å²) in [7, 11) is 2.01. The molecule has 1 saturated heterocycles. The average molecular weight is 209 g/mol. The summed E-state index contributed by atoms with van der Waals surface area (Å²) in [6.45, 7) is 2.96. The zero-order valence-corrected chi connectivity index (χ0v) is 9.45. The smallest absolute Gasteiger partial charge is 0.135 e. The van der Waals surface area contributed by atoms with Gasteiger partial charge in [0.25, 0.3) is 0 Å². The Morgan fingerprint density at radius 2 is 2.47 bits per heavy atom. The van der Waals surface area contributed by atoms with E-state index in [9.17, 15) is 0 Å². The highest BCUT2D eigenvalue weighted by Gasteiger charge is 2.39. The monoisotopic (exact) mass is 209 g/mol. The SMILES string of the molecule is CCC1(c2ccco2)CC(NC)CCO1. The lowest BCUT2D eigenvalue weighted by atomic mass is 9.86. The van der Waals surface area contributed by atoms with E-state index in [2.05, 4.69) is 12.2 Å². The Balaban J connectivity index is 2.21. The number of ether oxygens (including phenoxy) is 1. The predicted molar refractivity (Wildman–Crippen MR) is 58.7 cm³/mol. The molecule has 2 rings (SSSR count). The molecule has 1 N–H and O–H groups in total. The summed E-state index contributed by atoms with van der Waals surface area (Å²) in [6, 6.07) is 4.48. The number of rotatable bonds is 3. The number of nitrogens with one attached hydrogen (secondary N) is 1. The molecule has 2 unspecified atom stereocenters. The van der Waals surface area contributed by atoms with Crippen molar-refractivity contribution in [2.24, 2.45) is 0 Å². The molecule has 3 nitrogen and oxygen atoms in total. The topological polar surface area (TPSA) is 34.4 Å². The molecule has 84 valence electrons. The van der Waals surface area contributed by atoms with Crippen molar-refractivity contribution in [2.75, 3.05) is 13.7 Å². The van der Waals surface area contributed by atoms with Gasteiger partial charge < -0.3 is 14.5 Å². The van der Waals surface area contributed by atoms with Crippen LogP contribution >= 0.6 is 0 Å². The van der Waals surface area contributed by atoms with Crippen molar-refractivity contribution in [1.29, 1.82) is 0 Å². The summed E-state index contributed by atoms with van der Waals surface area (Å²) in [5.74, 6) is 0.963. The van der Waals surface area contributed by atoms with Crippen molar-refractivity contribution < 1.29 is 9.15 Å². The summed E-state index contributed by atoms with van der Waals surface area (Å²) in [4.78, 5) is 0. The maximum atomic E-state index is 5.96. The summed E-state index contributed by atoms with van der Waals surface area (Å²) < 4.78 is 11.5. The fourth-order valence-corrected chi connectivity index (χ4v) is 2.33. The molecule has 1 aromatic heterocycles. The Morgan fingerprint density at radius 3 is 3.07 bits per heavy atom. The Hall–Kier alpha value is -0.800. The van der Waals surface area contributed by atoms with Crippen LogP contribution in [-0.2, 0) is 10.3 Å². The van der Waals surface area contributed by atoms with Gasteiger partial charge in [0.15, 0.2) is 0 Å². The summed E-state index contributed by atoms with van der Waals surface area (Å²) >= 11 is 0. The lowest BCUT2D eigenvalue weighted by molar-refractivity contribution is -0.108. The molecule has 0 saturated carbocycles. The lowest BCUT2D eigenvalue weighted by Crippen LogP contribution is -2.43. The van der Waals surface area contributed by atoms with Crippen LogP contribution in [0.25, 0.3) is 0 Å². The minimum Gasteiger partial charge on any atom is -0.466 e. The first-order valence-corrected chi connectivity index (χ1v) is 5.66. The highest BCUT2D eigenvalue weighted by molar-refractivity contribution is 5.11. The van der Waals surface area contributed by atoms with E-state index in [0.29, 0.717) is 6.04 Å². The van der Waals surface area contributed by atoms with Crippen molar-refractivity contribution in [2.45, 2.75) is 37.8 Å². The van der Waals surface area contributed by atoms with Crippen LogP contribution in [0.1, 0.15) is 31.9 Å². The van der Waals surface area contributed by atoms with Crippen LogP contribution in [0.4, 0.5) is 0 Å². The van der Waals surface area contributed by atoms with Crippen LogP contribution in [0.5, 0.6) is 0 Å². The van der Waals surface area contributed by atoms with Crippen molar-refractivity contribution in [3.8, 4) is 0 Å². The van der Waals surface area contributed by atoms with Crippen molar-refractivity contribution in [1.82, 2.24) is 5.32 Å². The first-order valence-electron chi connectivity index (χ1n) is 5.66. The molecule has 2 atom stereocenters. The molecule has 0 radical (unpaired) electrons. The van der Waals surface area contributed by atoms with Gasteiger partial charge in [0.2, 0.25) is 0 Å². The fraction of sp³-hybridized carbons (Fsp3) is 0.667. The second-order valence-electron chi connectivity index (χ2n) is 4.15. The molecule has 2 heterocycles. The van der Waals surface area contributed by atoms with Crippen LogP contribution in [0, 0.1) is 0 Å². The molecule has 1 aliphatic heterocycles. The third kappa shape index (κ3) is 1.94. The molecular weight excluding hydrogens is 190 g/mol. The Labute approximate surface area is 90.8 Å². The quantitative estimate of drug-likeness (QED) is 0.829. The van der Waals surface area contributed by atoms with Gasteiger partial charge in [-0.3, -0.25) is 0 Å². The average Bonchev–Trinajstić information content (AvgIpc) is 2.83. The summed E-state index contributed by atoms with van der Waals surface area (Å²) in [6.07, 6.45) is 4.75. The molecule has 0 aromatic carbocycles. The molecule has 0 spiro atoms. The molecule has 3 heteroatoms. The second-order valence-corrected chi connectivity index (χ2v) is 4.15. The van der Waals surface area contributed by atoms with E-state index in [1.807, 2.05) is 19.2 Å². The van der Waals surface area contributed by atoms with Crippen molar-refractivity contribution in [3.05, 3.63) is 24.2 Å². The van der Waals surface area contributed by atoms with Gasteiger partial charge in [0.1, 0.15) is 11.4 Å². The zero-order chi connectivity index (χ0) is 10.7. The third-order valence-electron chi connectivity index (χ3n) is 3.37. The van der Waals surface area contributed by atoms with Gasteiger partial charge in [-0.15, -0.1) is 0 Å². The van der Waals surface area contributed by atoms with Gasteiger partial charge in [-0.1, -0.05) is 6.92 Å². The van der Waals surface area contributed by atoms with Gasteiger partial charge in [-0.05, 0) is 38.4 Å². The standard InChI is InChI=1S/C12H19NO2/c1-3-12(11-5-4-7-14-11)9-10(13-2)6-8-15-12/h4-5,7,10,13H,3,6,8-9H2,1-2H3. The van der Waals surface area contributed by atoms with Crippen molar-refractivity contribution in [3.63, 3.8) is 0 Å². The van der Waals surface area contributed by atoms with E-state index in [0.717, 1.165) is 31.6 Å². The normalized spacial score (nSPS) is 31.7. The molecule has 1 aliphatic rings. The number of hydrogen-bond donors (Lipinski definition) is 1. The second kappa shape index (κ2) is 4.37. The van der Waals surface area contributed by atoms with E-state index in [1.165, 1.54) is 0 Å². The first kappa shape index (κ1) is 10.7. The van der Waals surface area contributed by atoms with E-state index in [1.54, 1.807) is 6.26 Å². The molecule has 1 aromatic rings. The first-order chi connectivity index (χ1) is 7.30.